The third kappa shape index (κ3) is 7.19. The molecule has 0 aromatic heterocycles. The van der Waals surface area contributed by atoms with Crippen LogP contribution in [0.4, 0.5) is 4.39 Å². The van der Waals surface area contributed by atoms with Crippen LogP contribution in [0, 0.1) is 0 Å². The van der Waals surface area contributed by atoms with Gasteiger partial charge in [-0.25, -0.2) is 0 Å². The molecule has 13 heavy (non-hydrogen) atoms. The second kappa shape index (κ2) is 10.8. The summed E-state index contributed by atoms with van der Waals surface area (Å²) in [6.07, 6.45) is 0. The number of rotatable bonds is 1. The van der Waals surface area contributed by atoms with E-state index in [1.54, 1.807) is 6.92 Å². The van der Waals surface area contributed by atoms with Gasteiger partial charge in [-0.3, -0.25) is 9.18 Å². The highest BCUT2D eigenvalue weighted by atomic mass is 19.1. The molecule has 1 aromatic rings. The SMILES string of the molecule is CC.CC(=O)c1ccccc1.CF. The molecule has 0 amide bonds. The van der Waals surface area contributed by atoms with Crippen molar-refractivity contribution in [3.05, 3.63) is 35.9 Å². The van der Waals surface area contributed by atoms with E-state index in [0.29, 0.717) is 7.18 Å². The predicted molar refractivity (Wildman–Crippen MR) is 54.8 cm³/mol. The average molecular weight is 184 g/mol. The molecule has 1 nitrogen and oxygen atoms in total. The van der Waals surface area contributed by atoms with Crippen LogP contribution in [0.25, 0.3) is 0 Å². The lowest BCUT2D eigenvalue weighted by Gasteiger charge is -1.89. The summed E-state index contributed by atoms with van der Waals surface area (Å²) in [7, 11) is 0.500. The first-order valence-electron chi connectivity index (χ1n) is 4.24. The molecule has 0 saturated carbocycles. The second-order valence-corrected chi connectivity index (χ2v) is 1.92. The zero-order valence-electron chi connectivity index (χ0n) is 8.67. The van der Waals surface area contributed by atoms with E-state index in [9.17, 15) is 9.18 Å². The van der Waals surface area contributed by atoms with Gasteiger partial charge in [0.15, 0.2) is 5.78 Å². The van der Waals surface area contributed by atoms with Gasteiger partial charge < -0.3 is 0 Å². The number of Topliss-reactive ketones (excluding diaryl/α,β-unsaturated/α-hetero) is 1. The Kier molecular flexibility index (Phi) is 11.9. The molecule has 0 saturated heterocycles. The van der Waals surface area contributed by atoms with Gasteiger partial charge in [0, 0.05) is 5.56 Å². The fraction of sp³-hybridized carbons (Fsp3) is 0.364. The van der Waals surface area contributed by atoms with Crippen LogP contribution >= 0.6 is 0 Å². The molecule has 1 aromatic carbocycles. The quantitative estimate of drug-likeness (QED) is 0.610. The minimum absolute atomic E-state index is 0.121. The summed E-state index contributed by atoms with van der Waals surface area (Å²) >= 11 is 0. The van der Waals surface area contributed by atoms with Gasteiger partial charge in [-0.05, 0) is 6.92 Å². The van der Waals surface area contributed by atoms with Crippen LogP contribution in [0.2, 0.25) is 0 Å². The second-order valence-electron chi connectivity index (χ2n) is 1.92. The van der Waals surface area contributed by atoms with E-state index in [2.05, 4.69) is 0 Å². The summed E-state index contributed by atoms with van der Waals surface area (Å²) in [4.78, 5) is 10.6. The van der Waals surface area contributed by atoms with E-state index < -0.39 is 0 Å². The summed E-state index contributed by atoms with van der Waals surface area (Å²) in [6.45, 7) is 5.56. The lowest BCUT2D eigenvalue weighted by molar-refractivity contribution is 0.101. The summed E-state index contributed by atoms with van der Waals surface area (Å²) in [5, 5.41) is 0. The van der Waals surface area contributed by atoms with Crippen molar-refractivity contribution in [1.29, 1.82) is 0 Å². The molecule has 0 atom stereocenters. The molecule has 0 fully saturated rings. The smallest absolute Gasteiger partial charge is 0.159 e. The van der Waals surface area contributed by atoms with Crippen LogP contribution in [0.15, 0.2) is 30.3 Å². The van der Waals surface area contributed by atoms with Crippen LogP contribution < -0.4 is 0 Å². The van der Waals surface area contributed by atoms with Gasteiger partial charge >= 0.3 is 0 Å². The fourth-order valence-electron chi connectivity index (χ4n) is 0.673. The maximum atomic E-state index is 10.6. The molecule has 0 spiro atoms. The molecule has 0 heterocycles. The number of ketones is 1. The van der Waals surface area contributed by atoms with E-state index in [4.69, 9.17) is 0 Å². The van der Waals surface area contributed by atoms with E-state index >= 15 is 0 Å². The molecular formula is C11H17FO. The zero-order valence-corrected chi connectivity index (χ0v) is 8.67. The van der Waals surface area contributed by atoms with Gasteiger partial charge in [0.1, 0.15) is 0 Å². The maximum Gasteiger partial charge on any atom is 0.159 e. The molecule has 0 bridgehead atoms. The van der Waals surface area contributed by atoms with E-state index in [1.807, 2.05) is 44.2 Å². The zero-order chi connectivity index (χ0) is 10.7. The Morgan fingerprint density at radius 3 is 1.69 bits per heavy atom. The predicted octanol–water partition coefficient (Wildman–Crippen LogP) is 3.50. The van der Waals surface area contributed by atoms with Crippen molar-refractivity contribution in [3.8, 4) is 0 Å². The molecule has 0 N–H and O–H groups in total. The highest BCUT2D eigenvalue weighted by Crippen LogP contribution is 1.97. The van der Waals surface area contributed by atoms with Crippen molar-refractivity contribution >= 4 is 5.78 Å². The van der Waals surface area contributed by atoms with Crippen molar-refractivity contribution in [2.45, 2.75) is 20.8 Å². The topological polar surface area (TPSA) is 17.1 Å². The number of hydrogen-bond acceptors (Lipinski definition) is 1. The molecule has 1 rings (SSSR count). The lowest BCUT2D eigenvalue weighted by Crippen LogP contribution is -1.88. The summed E-state index contributed by atoms with van der Waals surface area (Å²) in [5.41, 5.74) is 0.775. The van der Waals surface area contributed by atoms with Crippen LogP contribution in [0.5, 0.6) is 0 Å². The van der Waals surface area contributed by atoms with Gasteiger partial charge in [-0.2, -0.15) is 0 Å². The van der Waals surface area contributed by atoms with Crippen molar-refractivity contribution in [3.63, 3.8) is 0 Å². The molecule has 0 radical (unpaired) electrons. The maximum absolute atomic E-state index is 10.6. The fourth-order valence-corrected chi connectivity index (χ4v) is 0.673. The first-order valence-corrected chi connectivity index (χ1v) is 4.24. The Bertz CT molecular complexity index is 207. The van der Waals surface area contributed by atoms with E-state index in [-0.39, 0.29) is 5.78 Å². The monoisotopic (exact) mass is 184 g/mol. The Morgan fingerprint density at radius 2 is 1.46 bits per heavy atom. The third-order valence-electron chi connectivity index (χ3n) is 1.18. The van der Waals surface area contributed by atoms with Gasteiger partial charge in [0.05, 0.1) is 7.18 Å². The van der Waals surface area contributed by atoms with Crippen LogP contribution in [-0.2, 0) is 0 Å². The van der Waals surface area contributed by atoms with Crippen LogP contribution in [-0.4, -0.2) is 13.0 Å². The van der Waals surface area contributed by atoms with Gasteiger partial charge in [0.25, 0.3) is 0 Å². The molecule has 0 aliphatic rings. The van der Waals surface area contributed by atoms with Crippen LogP contribution in [0.1, 0.15) is 31.1 Å². The van der Waals surface area contributed by atoms with Crippen LogP contribution in [0.3, 0.4) is 0 Å². The third-order valence-corrected chi connectivity index (χ3v) is 1.18. The highest BCUT2D eigenvalue weighted by molar-refractivity contribution is 5.93. The summed E-state index contributed by atoms with van der Waals surface area (Å²) in [6, 6.07) is 9.23. The first-order chi connectivity index (χ1) is 6.30. The summed E-state index contributed by atoms with van der Waals surface area (Å²) < 4.78 is 9.50. The standard InChI is InChI=1S/C8H8O.C2H6.CH3F/c1-7(9)8-5-3-2-4-6-8;2*1-2/h2-6H,1H3;1-2H3;1H3. The number of hydrogen-bond donors (Lipinski definition) is 0. The minimum atomic E-state index is 0.121. The van der Waals surface area contributed by atoms with Gasteiger partial charge in [0.2, 0.25) is 0 Å². The van der Waals surface area contributed by atoms with Gasteiger partial charge in [-0.1, -0.05) is 44.2 Å². The van der Waals surface area contributed by atoms with E-state index in [1.165, 1.54) is 0 Å². The van der Waals surface area contributed by atoms with Crippen molar-refractivity contribution in [1.82, 2.24) is 0 Å². The molecule has 2 heteroatoms. The number of carbonyl (C=O) groups is 1. The lowest BCUT2D eigenvalue weighted by atomic mass is 10.2. The number of alkyl halides is 1. The van der Waals surface area contributed by atoms with Crippen molar-refractivity contribution < 1.29 is 9.18 Å². The summed E-state index contributed by atoms with van der Waals surface area (Å²) in [5.74, 6) is 0.121. The Morgan fingerprint density at radius 1 is 1.08 bits per heavy atom. The average Bonchev–Trinajstić information content (AvgIpc) is 2.25. The molecular weight excluding hydrogens is 167 g/mol. The molecule has 74 valence electrons. The van der Waals surface area contributed by atoms with E-state index in [0.717, 1.165) is 5.56 Å². The minimum Gasteiger partial charge on any atom is -0.295 e. The Balaban J connectivity index is 0. The largest absolute Gasteiger partial charge is 0.295 e. The first kappa shape index (κ1) is 14.3. The normalized spacial score (nSPS) is 7.15. The Hall–Kier alpha value is -1.18. The molecule has 0 aliphatic carbocycles. The number of halogens is 1. The number of benzene rings is 1. The highest BCUT2D eigenvalue weighted by Gasteiger charge is 1.92. The van der Waals surface area contributed by atoms with Crippen molar-refractivity contribution in [2.75, 3.05) is 7.18 Å². The van der Waals surface area contributed by atoms with Crippen molar-refractivity contribution in [2.24, 2.45) is 0 Å². The molecule has 0 unspecified atom stereocenters. The molecule has 0 aliphatic heterocycles. The van der Waals surface area contributed by atoms with Gasteiger partial charge in [-0.15, -0.1) is 0 Å². The number of carbonyl (C=O) groups excluding carboxylic acids is 1. The Labute approximate surface area is 79.6 Å².